The van der Waals surface area contributed by atoms with Crippen molar-refractivity contribution in [3.8, 4) is 28.7 Å². The number of nitrogens with one attached hydrogen (secondary N) is 1. The Kier molecular flexibility index (Phi) is 6.61. The minimum atomic E-state index is -1.85. The molecule has 1 aliphatic carbocycles. The van der Waals surface area contributed by atoms with Crippen molar-refractivity contribution in [2.75, 3.05) is 7.11 Å². The van der Waals surface area contributed by atoms with Crippen molar-refractivity contribution in [3.05, 3.63) is 96.6 Å². The topological polar surface area (TPSA) is 202 Å². The van der Waals surface area contributed by atoms with Crippen LogP contribution in [-0.2, 0) is 17.7 Å². The fourth-order valence-corrected chi connectivity index (χ4v) is 6.57. The number of benzene rings is 3. The normalized spacial score (nSPS) is 19.8. The number of allylic oxidation sites excluding steroid dienone is 2. The van der Waals surface area contributed by atoms with Crippen LogP contribution in [0.2, 0.25) is 0 Å². The second-order valence-corrected chi connectivity index (χ2v) is 11.7. The third-order valence-electron chi connectivity index (χ3n) is 8.19. The number of aliphatic hydroxyl groups is 1. The Morgan fingerprint density at radius 2 is 1.70 bits per heavy atom. The zero-order chi connectivity index (χ0) is 32.7. The van der Waals surface area contributed by atoms with Gasteiger partial charge in [0.25, 0.3) is 5.79 Å². The van der Waals surface area contributed by atoms with Crippen molar-refractivity contribution >= 4 is 44.2 Å². The highest BCUT2D eigenvalue weighted by atomic mass is 79.9. The predicted molar refractivity (Wildman–Crippen MR) is 160 cm³/mol. The third kappa shape index (κ3) is 4.24. The molecule has 3 aromatic carbocycles. The highest BCUT2D eigenvalue weighted by Crippen LogP contribution is 2.57. The Labute approximate surface area is 266 Å². The van der Waals surface area contributed by atoms with Gasteiger partial charge in [0, 0.05) is 17.7 Å². The molecule has 7 rings (SSSR count). The van der Waals surface area contributed by atoms with E-state index in [1.54, 1.807) is 0 Å². The molecule has 3 heterocycles. The molecule has 2 unspecified atom stereocenters. The molecule has 0 amide bonds. The van der Waals surface area contributed by atoms with Crippen LogP contribution in [0.3, 0.4) is 0 Å². The molecule has 5 N–H and O–H groups in total. The van der Waals surface area contributed by atoms with Gasteiger partial charge in [0.1, 0.15) is 16.8 Å². The number of carbonyl (C=O) groups excluding carboxylic acids is 3. The van der Waals surface area contributed by atoms with Crippen LogP contribution < -0.4 is 20.4 Å². The van der Waals surface area contributed by atoms with Gasteiger partial charge in [-0.1, -0.05) is 30.3 Å². The molecule has 0 radical (unpaired) electrons. The number of esters is 1. The van der Waals surface area contributed by atoms with Gasteiger partial charge < -0.3 is 44.4 Å². The van der Waals surface area contributed by atoms with E-state index in [-0.39, 0.29) is 63.0 Å². The first-order valence-corrected chi connectivity index (χ1v) is 14.6. The minimum Gasteiger partial charge on any atom is -0.507 e. The van der Waals surface area contributed by atoms with Crippen LogP contribution in [0.4, 0.5) is 0 Å². The summed E-state index contributed by atoms with van der Waals surface area (Å²) >= 11 is 3.17. The van der Waals surface area contributed by atoms with Crippen molar-refractivity contribution in [1.29, 1.82) is 0 Å². The molecule has 0 fully saturated rings. The Morgan fingerprint density at radius 3 is 2.41 bits per heavy atom. The summed E-state index contributed by atoms with van der Waals surface area (Å²) in [4.78, 5) is 51.8. The first-order chi connectivity index (χ1) is 21.9. The number of ketones is 2. The van der Waals surface area contributed by atoms with Crippen LogP contribution in [0.5, 0.6) is 28.7 Å². The number of halogens is 1. The molecule has 1 spiro atoms. The average molecular weight is 692 g/mol. The lowest BCUT2D eigenvalue weighted by molar-refractivity contribution is -0.139. The molecular weight excluding hydrogens is 670 g/mol. The van der Waals surface area contributed by atoms with Crippen molar-refractivity contribution in [2.45, 2.75) is 31.3 Å². The number of methoxy groups -OCH3 is 1. The van der Waals surface area contributed by atoms with Gasteiger partial charge in [-0.05, 0) is 39.0 Å². The monoisotopic (exact) mass is 691 g/mol. The van der Waals surface area contributed by atoms with E-state index in [1.807, 2.05) is 30.3 Å². The molecule has 13 nitrogen and oxygen atoms in total. The average Bonchev–Trinajstić information content (AvgIpc) is 3.41. The van der Waals surface area contributed by atoms with Gasteiger partial charge in [0.05, 0.1) is 41.7 Å². The van der Waals surface area contributed by atoms with Gasteiger partial charge in [-0.15, -0.1) is 0 Å². The molecule has 14 heteroatoms. The van der Waals surface area contributed by atoms with Crippen LogP contribution in [0.15, 0.2) is 61.9 Å². The predicted octanol–water partition coefficient (Wildman–Crippen LogP) is 3.62. The van der Waals surface area contributed by atoms with E-state index in [0.29, 0.717) is 0 Å². The number of phenols is 3. The smallest absolute Gasteiger partial charge is 0.374 e. The number of fused-ring (bicyclic) bond motifs is 4. The zero-order valence-electron chi connectivity index (χ0n) is 23.7. The molecule has 234 valence electrons. The quantitative estimate of drug-likeness (QED) is 0.154. The maximum atomic E-state index is 13.6. The highest BCUT2D eigenvalue weighted by Gasteiger charge is 2.52. The summed E-state index contributed by atoms with van der Waals surface area (Å²) in [6, 6.07) is 11.6. The van der Waals surface area contributed by atoms with Crippen LogP contribution in [0.1, 0.15) is 60.5 Å². The Morgan fingerprint density at radius 1 is 1.00 bits per heavy atom. The number of hydrogen-bond donors (Lipinski definition) is 5. The summed E-state index contributed by atoms with van der Waals surface area (Å²) in [5.41, 5.74) is -1.34. The molecule has 2 atom stereocenters. The van der Waals surface area contributed by atoms with Crippen LogP contribution in [0.25, 0.3) is 10.8 Å². The molecule has 46 heavy (non-hydrogen) atoms. The molecule has 3 aliphatic rings. The van der Waals surface area contributed by atoms with Crippen molar-refractivity contribution in [1.82, 2.24) is 5.32 Å². The first kappa shape index (κ1) is 29.4. The fourth-order valence-electron chi connectivity index (χ4n) is 6.05. The summed E-state index contributed by atoms with van der Waals surface area (Å²) in [6.45, 7) is 0.183. The lowest BCUT2D eigenvalue weighted by atomic mass is 9.86. The van der Waals surface area contributed by atoms with Crippen molar-refractivity contribution in [3.63, 3.8) is 0 Å². The summed E-state index contributed by atoms with van der Waals surface area (Å²) < 4.78 is 21.5. The van der Waals surface area contributed by atoms with Crippen molar-refractivity contribution in [2.24, 2.45) is 0 Å². The summed E-state index contributed by atoms with van der Waals surface area (Å²) in [6.07, 6.45) is -2.02. The van der Waals surface area contributed by atoms with E-state index in [4.69, 9.17) is 13.9 Å². The Hall–Kier alpha value is -5.34. The number of phenolic OH excluding ortho intramolecular Hbond substituents is 3. The largest absolute Gasteiger partial charge is 0.507 e. The molecule has 1 aromatic heterocycles. The van der Waals surface area contributed by atoms with Crippen LogP contribution >= 0.6 is 15.9 Å². The van der Waals surface area contributed by atoms with E-state index in [1.165, 1.54) is 12.1 Å². The first-order valence-electron chi connectivity index (χ1n) is 13.8. The van der Waals surface area contributed by atoms with E-state index in [2.05, 4.69) is 26.0 Å². The molecular formula is C32H22BrNO12. The van der Waals surface area contributed by atoms with Crippen LogP contribution in [0, 0.1) is 0 Å². The van der Waals surface area contributed by atoms with Crippen molar-refractivity contribution < 1.29 is 53.4 Å². The van der Waals surface area contributed by atoms with E-state index < -0.39 is 69.2 Å². The number of aromatic hydroxyl groups is 3. The van der Waals surface area contributed by atoms with E-state index in [9.17, 15) is 39.6 Å². The number of aliphatic hydroxyl groups excluding tert-OH is 1. The molecule has 0 saturated heterocycles. The lowest BCUT2D eigenvalue weighted by Crippen LogP contribution is -2.45. The summed E-state index contributed by atoms with van der Waals surface area (Å²) in [5.74, 6) is -7.50. The second kappa shape index (κ2) is 10.4. The zero-order valence-corrected chi connectivity index (χ0v) is 25.3. The van der Waals surface area contributed by atoms with Crippen LogP contribution in [-0.4, -0.2) is 50.9 Å². The highest BCUT2D eigenvalue weighted by molar-refractivity contribution is 9.12. The minimum absolute atomic E-state index is 0.0527. The molecule has 4 aromatic rings. The maximum Gasteiger partial charge on any atom is 0.374 e. The Bertz CT molecular complexity index is 2140. The number of hydrogen-bond acceptors (Lipinski definition) is 13. The second-order valence-electron chi connectivity index (χ2n) is 11.0. The van der Waals surface area contributed by atoms with Gasteiger partial charge in [-0.25, -0.2) is 9.59 Å². The van der Waals surface area contributed by atoms with Gasteiger partial charge in [0.15, 0.2) is 23.0 Å². The van der Waals surface area contributed by atoms with E-state index in [0.717, 1.165) is 12.7 Å². The number of rotatable bonds is 4. The van der Waals surface area contributed by atoms with Gasteiger partial charge in [-0.3, -0.25) is 9.59 Å². The van der Waals surface area contributed by atoms with Gasteiger partial charge in [-0.2, -0.15) is 0 Å². The molecule has 0 bridgehead atoms. The third-order valence-corrected chi connectivity index (χ3v) is 8.95. The molecule has 2 aliphatic heterocycles. The molecule has 0 saturated carbocycles. The summed E-state index contributed by atoms with van der Waals surface area (Å²) in [5, 5.41) is 47.5. The summed E-state index contributed by atoms with van der Waals surface area (Å²) in [7, 11) is 1.10. The number of Topliss-reactive ketones (excluding diaryl/α,β-unsaturated/α-hetero) is 2. The fraction of sp³-hybridized carbons (Fsp3) is 0.188. The van der Waals surface area contributed by atoms with E-state index >= 15 is 0 Å². The Balaban J connectivity index is 1.27. The number of ether oxygens (including phenoxy) is 3. The number of carbonyl (C=O) groups is 3. The SMILES string of the molecule is COC(=O)c1cc2cc3c(c(O)c2c(=O)o1)OC1(Cc2c(O)c4c(c(O)c2O1)C(=O)C(NCc1ccccc1)=C(Br)C4=O)CC3O. The van der Waals surface area contributed by atoms with Gasteiger partial charge in [0.2, 0.25) is 17.3 Å². The maximum absolute atomic E-state index is 13.6. The van der Waals surface area contributed by atoms with Gasteiger partial charge >= 0.3 is 11.6 Å². The standard InChI is InChI=1S/C32H22BrNO12/c1-43-30(41)17-8-13-7-14-16(35)10-32(45-28(14)26(39)18(13)31(42)44-17)9-15-23(36)19-20(27(40)29(15)46-32)25(38)22(21(33)24(19)37)34-11-12-5-3-2-4-6-12/h2-8,16,34-36,39-40H,9-11H2,1H3. The lowest BCUT2D eigenvalue weighted by Gasteiger charge is -2.37.